The molecule has 0 aliphatic carbocycles. The van der Waals surface area contributed by atoms with Crippen LogP contribution < -0.4 is 0 Å². The molecule has 92 valence electrons. The zero-order chi connectivity index (χ0) is 12.5. The number of hydrogen-bond donors (Lipinski definition) is 1. The summed E-state index contributed by atoms with van der Waals surface area (Å²) >= 11 is 1.76. The van der Waals surface area contributed by atoms with Crippen molar-refractivity contribution in [3.63, 3.8) is 0 Å². The molecule has 0 amide bonds. The number of hydrogen-bond acceptors (Lipinski definition) is 3. The number of benzene rings is 1. The Labute approximate surface area is 109 Å². The topological polar surface area (TPSA) is 40.5 Å². The molecule has 0 spiro atoms. The molecule has 1 N–H and O–H groups in total. The van der Waals surface area contributed by atoms with Gasteiger partial charge in [0.1, 0.15) is 0 Å². The van der Waals surface area contributed by atoms with E-state index in [1.54, 1.807) is 23.5 Å². The fraction of sp³-hybridized carbons (Fsp3) is 0.214. The molecule has 2 heterocycles. The maximum absolute atomic E-state index is 10.9. The molecule has 0 radical (unpaired) electrons. The molecule has 1 aromatic carbocycles. The first kappa shape index (κ1) is 11.4. The molecule has 3 nitrogen and oxygen atoms in total. The normalized spacial score (nSPS) is 14.7. The molecule has 1 aliphatic rings. The second-order valence-electron chi connectivity index (χ2n) is 4.51. The number of thiophene rings is 1. The van der Waals surface area contributed by atoms with Crippen LogP contribution >= 0.6 is 11.3 Å². The van der Waals surface area contributed by atoms with Crippen LogP contribution in [0.3, 0.4) is 0 Å². The summed E-state index contributed by atoms with van der Waals surface area (Å²) in [5, 5.41) is 11.1. The van der Waals surface area contributed by atoms with E-state index in [0.29, 0.717) is 5.56 Å². The number of nitrogens with zero attached hydrogens (tertiary/aromatic N) is 1. The van der Waals surface area contributed by atoms with Crippen molar-refractivity contribution in [2.75, 3.05) is 0 Å². The Balaban J connectivity index is 1.77. The summed E-state index contributed by atoms with van der Waals surface area (Å²) in [7, 11) is 0. The first-order valence-electron chi connectivity index (χ1n) is 5.82. The van der Waals surface area contributed by atoms with Gasteiger partial charge in [0.2, 0.25) is 0 Å². The van der Waals surface area contributed by atoms with Crippen molar-refractivity contribution in [2.24, 2.45) is 0 Å². The van der Waals surface area contributed by atoms with Gasteiger partial charge in [0.05, 0.1) is 5.56 Å². The van der Waals surface area contributed by atoms with E-state index in [1.807, 2.05) is 6.07 Å². The first-order chi connectivity index (χ1) is 8.72. The second-order valence-corrected chi connectivity index (χ2v) is 5.55. The highest BCUT2D eigenvalue weighted by Gasteiger charge is 2.20. The van der Waals surface area contributed by atoms with E-state index in [2.05, 4.69) is 22.4 Å². The van der Waals surface area contributed by atoms with Gasteiger partial charge in [-0.1, -0.05) is 12.1 Å². The lowest BCUT2D eigenvalue weighted by atomic mass is 10.1. The van der Waals surface area contributed by atoms with Crippen LogP contribution in [-0.4, -0.2) is 16.0 Å². The Hall–Kier alpha value is -1.65. The molecule has 0 unspecified atom stereocenters. The van der Waals surface area contributed by atoms with Crippen LogP contribution in [-0.2, 0) is 19.6 Å². The minimum absolute atomic E-state index is 0.381. The average Bonchev–Trinajstić information content (AvgIpc) is 2.96. The summed E-state index contributed by atoms with van der Waals surface area (Å²) in [6.07, 6.45) is 0. The lowest BCUT2D eigenvalue weighted by Crippen LogP contribution is -2.14. The van der Waals surface area contributed by atoms with Gasteiger partial charge in [0, 0.05) is 24.5 Å². The van der Waals surface area contributed by atoms with E-state index in [9.17, 15) is 4.79 Å². The standard InChI is InChI=1S/C14H13NO2S/c16-14(17)10-3-4-11-7-15(8-12(11)6-10)9-13-2-1-5-18-13/h1-6H,7-9H2,(H,16,17). The average molecular weight is 259 g/mol. The quantitative estimate of drug-likeness (QED) is 0.921. The molecule has 0 saturated heterocycles. The van der Waals surface area contributed by atoms with Crippen LogP contribution in [0, 0.1) is 0 Å². The monoisotopic (exact) mass is 259 g/mol. The van der Waals surface area contributed by atoms with Crippen LogP contribution in [0.25, 0.3) is 0 Å². The highest BCUT2D eigenvalue weighted by atomic mass is 32.1. The summed E-state index contributed by atoms with van der Waals surface area (Å²) in [6.45, 7) is 2.69. The predicted molar refractivity (Wildman–Crippen MR) is 70.7 cm³/mol. The first-order valence-corrected chi connectivity index (χ1v) is 6.70. The molecule has 0 atom stereocenters. The number of aromatic carboxylic acids is 1. The lowest BCUT2D eigenvalue weighted by molar-refractivity contribution is 0.0696. The van der Waals surface area contributed by atoms with E-state index in [4.69, 9.17) is 5.11 Å². The number of carboxylic acids is 1. The van der Waals surface area contributed by atoms with Crippen molar-refractivity contribution < 1.29 is 9.90 Å². The lowest BCUT2D eigenvalue weighted by Gasteiger charge is -2.12. The third-order valence-corrected chi connectivity index (χ3v) is 4.06. The van der Waals surface area contributed by atoms with Crippen LogP contribution in [0.1, 0.15) is 26.4 Å². The molecular weight excluding hydrogens is 246 g/mol. The van der Waals surface area contributed by atoms with Gasteiger partial charge in [-0.2, -0.15) is 0 Å². The van der Waals surface area contributed by atoms with Gasteiger partial charge in [-0.15, -0.1) is 11.3 Å². The van der Waals surface area contributed by atoms with Crippen LogP contribution in [0.4, 0.5) is 0 Å². The van der Waals surface area contributed by atoms with Crippen molar-refractivity contribution in [3.8, 4) is 0 Å². The summed E-state index contributed by atoms with van der Waals surface area (Å²) in [6, 6.07) is 9.62. The molecule has 2 aromatic rings. The van der Waals surface area contributed by atoms with E-state index in [0.717, 1.165) is 25.2 Å². The molecular formula is C14H13NO2S. The second kappa shape index (κ2) is 4.55. The van der Waals surface area contributed by atoms with Crippen molar-refractivity contribution in [1.29, 1.82) is 0 Å². The summed E-state index contributed by atoms with van der Waals surface area (Å²) in [4.78, 5) is 14.6. The highest BCUT2D eigenvalue weighted by molar-refractivity contribution is 7.09. The van der Waals surface area contributed by atoms with Gasteiger partial charge >= 0.3 is 5.97 Å². The van der Waals surface area contributed by atoms with Gasteiger partial charge in [0.25, 0.3) is 0 Å². The predicted octanol–water partition coefficient (Wildman–Crippen LogP) is 2.96. The van der Waals surface area contributed by atoms with E-state index >= 15 is 0 Å². The number of carbonyl (C=O) groups is 1. The van der Waals surface area contributed by atoms with Crippen LogP contribution in [0.2, 0.25) is 0 Å². The molecule has 0 bridgehead atoms. The van der Waals surface area contributed by atoms with Crippen molar-refractivity contribution in [1.82, 2.24) is 4.90 Å². The molecule has 0 fully saturated rings. The van der Waals surface area contributed by atoms with Gasteiger partial charge in [-0.3, -0.25) is 4.90 Å². The summed E-state index contributed by atoms with van der Waals surface area (Å²) in [5.41, 5.74) is 2.77. The maximum atomic E-state index is 10.9. The van der Waals surface area contributed by atoms with Gasteiger partial charge in [-0.25, -0.2) is 4.79 Å². The van der Waals surface area contributed by atoms with Gasteiger partial charge < -0.3 is 5.11 Å². The summed E-state index contributed by atoms with van der Waals surface area (Å²) in [5.74, 6) is -0.852. The Morgan fingerprint density at radius 2 is 2.11 bits per heavy atom. The zero-order valence-electron chi connectivity index (χ0n) is 9.80. The Morgan fingerprint density at radius 1 is 1.28 bits per heavy atom. The molecule has 3 rings (SSSR count). The van der Waals surface area contributed by atoms with Crippen molar-refractivity contribution in [3.05, 3.63) is 57.3 Å². The molecule has 4 heteroatoms. The zero-order valence-corrected chi connectivity index (χ0v) is 10.6. The summed E-state index contributed by atoms with van der Waals surface area (Å²) < 4.78 is 0. The van der Waals surface area contributed by atoms with E-state index in [-0.39, 0.29) is 0 Å². The minimum atomic E-state index is -0.852. The number of rotatable bonds is 3. The molecule has 1 aromatic heterocycles. The van der Waals surface area contributed by atoms with Crippen LogP contribution in [0.5, 0.6) is 0 Å². The third kappa shape index (κ3) is 2.17. The van der Waals surface area contributed by atoms with Crippen molar-refractivity contribution >= 4 is 17.3 Å². The fourth-order valence-corrected chi connectivity index (χ4v) is 3.08. The molecule has 0 saturated carbocycles. The van der Waals surface area contributed by atoms with Gasteiger partial charge in [0.15, 0.2) is 0 Å². The number of fused-ring (bicyclic) bond motifs is 1. The Bertz CT molecular complexity index is 577. The van der Waals surface area contributed by atoms with Crippen molar-refractivity contribution in [2.45, 2.75) is 19.6 Å². The van der Waals surface area contributed by atoms with Crippen LogP contribution in [0.15, 0.2) is 35.7 Å². The minimum Gasteiger partial charge on any atom is -0.478 e. The van der Waals surface area contributed by atoms with E-state index in [1.165, 1.54) is 10.4 Å². The largest absolute Gasteiger partial charge is 0.478 e. The Kier molecular flexibility index (Phi) is 2.89. The fourth-order valence-electron chi connectivity index (χ4n) is 2.33. The molecule has 18 heavy (non-hydrogen) atoms. The van der Waals surface area contributed by atoms with E-state index < -0.39 is 5.97 Å². The maximum Gasteiger partial charge on any atom is 0.335 e. The molecule has 1 aliphatic heterocycles. The third-order valence-electron chi connectivity index (χ3n) is 3.20. The number of carboxylic acid groups (broad SMARTS) is 1. The Morgan fingerprint density at radius 3 is 2.83 bits per heavy atom. The smallest absolute Gasteiger partial charge is 0.335 e. The highest BCUT2D eigenvalue weighted by Crippen LogP contribution is 2.26. The van der Waals surface area contributed by atoms with Gasteiger partial charge in [-0.05, 0) is 34.7 Å². The SMILES string of the molecule is O=C(O)c1ccc2c(c1)CN(Cc1cccs1)C2.